The largest absolute Gasteiger partial charge is 0.444 e. The molecule has 0 heterocycles. The lowest BCUT2D eigenvalue weighted by Crippen LogP contribution is -2.27. The van der Waals surface area contributed by atoms with Gasteiger partial charge in [0.25, 0.3) is 0 Å². The number of ether oxygens (including phenoxy) is 1. The molecule has 0 radical (unpaired) electrons. The SMILES string of the molecule is Cc1cccc(C)c1NC(=S)NN=Cc1ccc(NC(=O)OC(C)(C)C)cc1. The van der Waals surface area contributed by atoms with E-state index in [4.69, 9.17) is 17.0 Å². The predicted molar refractivity (Wildman–Crippen MR) is 119 cm³/mol. The molecule has 0 bridgehead atoms. The van der Waals surface area contributed by atoms with Crippen LogP contribution in [0.15, 0.2) is 47.6 Å². The van der Waals surface area contributed by atoms with E-state index in [1.54, 1.807) is 18.3 Å². The number of amides is 1. The van der Waals surface area contributed by atoms with Crippen molar-refractivity contribution in [3.63, 3.8) is 0 Å². The first-order chi connectivity index (χ1) is 13.1. The molecule has 0 spiro atoms. The summed E-state index contributed by atoms with van der Waals surface area (Å²) in [6.45, 7) is 9.50. The first-order valence-electron chi connectivity index (χ1n) is 8.90. The smallest absolute Gasteiger partial charge is 0.412 e. The minimum Gasteiger partial charge on any atom is -0.444 e. The van der Waals surface area contributed by atoms with Crippen molar-refractivity contribution in [2.24, 2.45) is 5.10 Å². The fourth-order valence-corrected chi connectivity index (χ4v) is 2.55. The number of aryl methyl sites for hydroxylation is 2. The van der Waals surface area contributed by atoms with Crippen LogP contribution in [0.1, 0.15) is 37.5 Å². The highest BCUT2D eigenvalue weighted by Gasteiger charge is 2.15. The van der Waals surface area contributed by atoms with E-state index in [0.29, 0.717) is 10.8 Å². The van der Waals surface area contributed by atoms with Crippen molar-refractivity contribution in [3.05, 3.63) is 59.2 Å². The van der Waals surface area contributed by atoms with Crippen molar-refractivity contribution < 1.29 is 9.53 Å². The number of hydrazone groups is 1. The van der Waals surface area contributed by atoms with Crippen LogP contribution in [0, 0.1) is 13.8 Å². The Bertz CT molecular complexity index is 851. The van der Waals surface area contributed by atoms with Gasteiger partial charge >= 0.3 is 6.09 Å². The van der Waals surface area contributed by atoms with E-state index in [1.165, 1.54) is 0 Å². The summed E-state index contributed by atoms with van der Waals surface area (Å²) in [4.78, 5) is 11.8. The Kier molecular flexibility index (Phi) is 7.12. The monoisotopic (exact) mass is 398 g/mol. The first kappa shape index (κ1) is 21.4. The molecule has 2 aromatic carbocycles. The number of hydrogen-bond donors (Lipinski definition) is 3. The van der Waals surface area contributed by atoms with E-state index in [-0.39, 0.29) is 0 Å². The maximum absolute atomic E-state index is 11.8. The molecule has 0 saturated carbocycles. The molecule has 0 saturated heterocycles. The Morgan fingerprint density at radius 2 is 1.64 bits per heavy atom. The summed E-state index contributed by atoms with van der Waals surface area (Å²) >= 11 is 5.28. The second-order valence-corrected chi connectivity index (χ2v) is 7.75. The molecular formula is C21H26N4O2S. The number of carbonyl (C=O) groups is 1. The Hall–Kier alpha value is -2.93. The maximum Gasteiger partial charge on any atom is 0.412 e. The van der Waals surface area contributed by atoms with Crippen LogP contribution in [0.2, 0.25) is 0 Å². The lowest BCUT2D eigenvalue weighted by molar-refractivity contribution is 0.0636. The molecule has 7 heteroatoms. The van der Waals surface area contributed by atoms with Crippen LogP contribution < -0.4 is 16.1 Å². The normalized spacial score (nSPS) is 11.2. The van der Waals surface area contributed by atoms with E-state index in [2.05, 4.69) is 21.2 Å². The van der Waals surface area contributed by atoms with Crippen molar-refractivity contribution in [1.29, 1.82) is 0 Å². The lowest BCUT2D eigenvalue weighted by Gasteiger charge is -2.19. The minimum absolute atomic E-state index is 0.414. The van der Waals surface area contributed by atoms with Crippen molar-refractivity contribution >= 4 is 41.0 Å². The average molecular weight is 399 g/mol. The summed E-state index contributed by atoms with van der Waals surface area (Å²) in [5.41, 5.74) is 6.98. The summed E-state index contributed by atoms with van der Waals surface area (Å²) in [6.07, 6.45) is 1.16. The third-order valence-corrected chi connectivity index (χ3v) is 3.85. The highest BCUT2D eigenvalue weighted by molar-refractivity contribution is 7.80. The average Bonchev–Trinajstić information content (AvgIpc) is 2.58. The third kappa shape index (κ3) is 7.00. The first-order valence-corrected chi connectivity index (χ1v) is 9.31. The number of benzene rings is 2. The number of rotatable bonds is 4. The number of anilines is 2. The van der Waals surface area contributed by atoms with Gasteiger partial charge in [-0.25, -0.2) is 4.79 Å². The Balaban J connectivity index is 1.87. The summed E-state index contributed by atoms with van der Waals surface area (Å²) in [7, 11) is 0. The summed E-state index contributed by atoms with van der Waals surface area (Å²) in [5.74, 6) is 0. The fraction of sp³-hybridized carbons (Fsp3) is 0.286. The fourth-order valence-electron chi connectivity index (χ4n) is 2.39. The maximum atomic E-state index is 11.8. The molecule has 0 unspecified atom stereocenters. The highest BCUT2D eigenvalue weighted by atomic mass is 32.1. The van der Waals surface area contributed by atoms with Gasteiger partial charge in [-0.2, -0.15) is 5.10 Å². The standard InChI is InChI=1S/C21H26N4O2S/c1-14-7-6-8-15(2)18(14)24-19(28)25-22-13-16-9-11-17(12-10-16)23-20(26)27-21(3,4)5/h6-13H,1-5H3,(H,23,26)(H2,24,25,28). The molecule has 0 fully saturated rings. The zero-order valence-corrected chi connectivity index (χ0v) is 17.6. The molecular weight excluding hydrogens is 372 g/mol. The van der Waals surface area contributed by atoms with Gasteiger partial charge in [-0.05, 0) is 75.7 Å². The van der Waals surface area contributed by atoms with E-state index >= 15 is 0 Å². The topological polar surface area (TPSA) is 74.8 Å². The van der Waals surface area contributed by atoms with Crippen LogP contribution >= 0.6 is 12.2 Å². The molecule has 0 atom stereocenters. The van der Waals surface area contributed by atoms with Gasteiger partial charge in [-0.1, -0.05) is 30.3 Å². The van der Waals surface area contributed by atoms with E-state index < -0.39 is 11.7 Å². The molecule has 1 amide bonds. The molecule has 2 rings (SSSR count). The van der Waals surface area contributed by atoms with Crippen LogP contribution in [-0.2, 0) is 4.74 Å². The number of nitrogens with zero attached hydrogens (tertiary/aromatic N) is 1. The van der Waals surface area contributed by atoms with Crippen LogP contribution in [0.5, 0.6) is 0 Å². The quantitative estimate of drug-likeness (QED) is 0.385. The summed E-state index contributed by atoms with van der Waals surface area (Å²) in [6, 6.07) is 13.3. The second kappa shape index (κ2) is 9.32. The van der Waals surface area contributed by atoms with Gasteiger partial charge in [0.15, 0.2) is 5.11 Å². The molecule has 148 valence electrons. The van der Waals surface area contributed by atoms with Crippen molar-refractivity contribution in [2.75, 3.05) is 10.6 Å². The molecule has 0 aromatic heterocycles. The molecule has 6 nitrogen and oxygen atoms in total. The molecule has 3 N–H and O–H groups in total. The van der Waals surface area contributed by atoms with Crippen LogP contribution in [0.4, 0.5) is 16.2 Å². The third-order valence-electron chi connectivity index (χ3n) is 3.66. The number of hydrogen-bond acceptors (Lipinski definition) is 4. The van der Waals surface area contributed by atoms with Crippen molar-refractivity contribution in [3.8, 4) is 0 Å². The number of carbonyl (C=O) groups excluding carboxylic acids is 1. The summed E-state index contributed by atoms with van der Waals surface area (Å²) in [5, 5.41) is 10.4. The Labute approximate surface area is 171 Å². The zero-order chi connectivity index (χ0) is 20.7. The van der Waals surface area contributed by atoms with Gasteiger partial charge in [0.1, 0.15) is 5.60 Å². The van der Waals surface area contributed by atoms with Gasteiger partial charge < -0.3 is 10.1 Å². The van der Waals surface area contributed by atoms with Crippen LogP contribution in [0.25, 0.3) is 0 Å². The van der Waals surface area contributed by atoms with Gasteiger partial charge in [0.2, 0.25) is 0 Å². The van der Waals surface area contributed by atoms with E-state index in [0.717, 1.165) is 22.4 Å². The van der Waals surface area contributed by atoms with Crippen molar-refractivity contribution in [2.45, 2.75) is 40.2 Å². The highest BCUT2D eigenvalue weighted by Crippen LogP contribution is 2.19. The molecule has 2 aromatic rings. The Morgan fingerprint density at radius 3 is 2.21 bits per heavy atom. The van der Waals surface area contributed by atoms with Gasteiger partial charge in [0, 0.05) is 11.4 Å². The van der Waals surface area contributed by atoms with Crippen LogP contribution in [-0.4, -0.2) is 23.0 Å². The molecule has 28 heavy (non-hydrogen) atoms. The van der Waals surface area contributed by atoms with E-state index in [1.807, 2.05) is 65.0 Å². The number of thiocarbonyl (C=S) groups is 1. The Morgan fingerprint density at radius 1 is 1.04 bits per heavy atom. The molecule has 0 aliphatic heterocycles. The van der Waals surface area contributed by atoms with Gasteiger partial charge in [-0.15, -0.1) is 0 Å². The molecule has 0 aliphatic carbocycles. The number of nitrogens with one attached hydrogen (secondary N) is 3. The van der Waals surface area contributed by atoms with Crippen LogP contribution in [0.3, 0.4) is 0 Å². The minimum atomic E-state index is -0.536. The predicted octanol–water partition coefficient (Wildman–Crippen LogP) is 4.97. The number of para-hydroxylation sites is 1. The van der Waals surface area contributed by atoms with Gasteiger partial charge in [0.05, 0.1) is 6.21 Å². The second-order valence-electron chi connectivity index (χ2n) is 7.34. The summed E-state index contributed by atoms with van der Waals surface area (Å²) < 4.78 is 5.22. The van der Waals surface area contributed by atoms with Gasteiger partial charge in [-0.3, -0.25) is 10.7 Å². The van der Waals surface area contributed by atoms with Crippen molar-refractivity contribution in [1.82, 2.24) is 5.43 Å². The lowest BCUT2D eigenvalue weighted by atomic mass is 10.1. The van der Waals surface area contributed by atoms with E-state index in [9.17, 15) is 4.79 Å². The molecule has 0 aliphatic rings. The zero-order valence-electron chi connectivity index (χ0n) is 16.8.